The summed E-state index contributed by atoms with van der Waals surface area (Å²) in [7, 11) is 0. The quantitative estimate of drug-likeness (QED) is 0.810. The van der Waals surface area contributed by atoms with E-state index < -0.39 is 0 Å². The highest BCUT2D eigenvalue weighted by Gasteiger charge is 2.36. The minimum Gasteiger partial charge on any atom is -0.351 e. The Morgan fingerprint density at radius 2 is 1.56 bits per heavy atom. The van der Waals surface area contributed by atoms with E-state index in [1.807, 2.05) is 25.7 Å². The maximum absolute atomic E-state index is 12.0. The van der Waals surface area contributed by atoms with Crippen LogP contribution in [0.25, 0.3) is 0 Å². The maximum atomic E-state index is 12.0. The molecular weight excluding hydrogens is 228 g/mol. The van der Waals surface area contributed by atoms with Gasteiger partial charge in [-0.25, -0.2) is 0 Å². The Hall–Kier alpha value is -1.06. The van der Waals surface area contributed by atoms with Gasteiger partial charge < -0.3 is 10.2 Å². The van der Waals surface area contributed by atoms with Gasteiger partial charge in [0.1, 0.15) is 0 Å². The van der Waals surface area contributed by atoms with Crippen molar-refractivity contribution >= 4 is 11.8 Å². The zero-order valence-electron chi connectivity index (χ0n) is 11.7. The van der Waals surface area contributed by atoms with Crippen molar-refractivity contribution in [2.75, 3.05) is 13.1 Å². The van der Waals surface area contributed by atoms with E-state index in [2.05, 4.69) is 5.32 Å². The van der Waals surface area contributed by atoms with Gasteiger partial charge in [0.25, 0.3) is 0 Å². The van der Waals surface area contributed by atoms with Crippen molar-refractivity contribution in [3.8, 4) is 0 Å². The summed E-state index contributed by atoms with van der Waals surface area (Å²) in [4.78, 5) is 25.9. The zero-order chi connectivity index (χ0) is 13.3. The molecule has 2 fully saturated rings. The van der Waals surface area contributed by atoms with Gasteiger partial charge in [0.2, 0.25) is 11.8 Å². The van der Waals surface area contributed by atoms with Crippen molar-refractivity contribution < 1.29 is 9.59 Å². The smallest absolute Gasteiger partial charge is 0.225 e. The highest BCUT2D eigenvalue weighted by atomic mass is 16.2. The molecular formula is C14H24N2O2. The monoisotopic (exact) mass is 252 g/mol. The van der Waals surface area contributed by atoms with E-state index >= 15 is 0 Å². The standard InChI is InChI=1S/C14H24N2O2/c1-14(2,3)15-12(17)10-6-8-16(9-7-10)13(18)11-4-5-11/h10-11H,4-9H2,1-3H3,(H,15,17). The number of carbonyl (C=O) groups excluding carboxylic acids is 2. The van der Waals surface area contributed by atoms with Crippen LogP contribution < -0.4 is 5.32 Å². The number of piperidine rings is 1. The van der Waals surface area contributed by atoms with Crippen molar-refractivity contribution in [3.63, 3.8) is 0 Å². The Morgan fingerprint density at radius 1 is 1.00 bits per heavy atom. The lowest BCUT2D eigenvalue weighted by Crippen LogP contribution is -2.48. The lowest BCUT2D eigenvalue weighted by Gasteiger charge is -2.33. The molecule has 1 N–H and O–H groups in total. The number of hydrogen-bond donors (Lipinski definition) is 1. The van der Waals surface area contributed by atoms with Gasteiger partial charge >= 0.3 is 0 Å². The normalized spacial score (nSPS) is 21.8. The lowest BCUT2D eigenvalue weighted by molar-refractivity contribution is -0.137. The fourth-order valence-electron chi connectivity index (χ4n) is 2.42. The van der Waals surface area contributed by atoms with Gasteiger partial charge in [-0.05, 0) is 46.5 Å². The average molecular weight is 252 g/mol. The molecule has 1 aliphatic carbocycles. The molecule has 1 heterocycles. The molecule has 0 unspecified atom stereocenters. The van der Waals surface area contributed by atoms with Crippen LogP contribution in [0.3, 0.4) is 0 Å². The highest BCUT2D eigenvalue weighted by molar-refractivity contribution is 5.82. The molecule has 0 atom stereocenters. The van der Waals surface area contributed by atoms with Gasteiger partial charge in [-0.1, -0.05) is 0 Å². The van der Waals surface area contributed by atoms with Crippen LogP contribution in [0.5, 0.6) is 0 Å². The van der Waals surface area contributed by atoms with E-state index in [1.165, 1.54) is 0 Å². The Balaban J connectivity index is 1.79. The molecule has 4 heteroatoms. The summed E-state index contributed by atoms with van der Waals surface area (Å²) in [6.07, 6.45) is 3.73. The molecule has 2 rings (SSSR count). The molecule has 2 aliphatic rings. The molecule has 0 aromatic carbocycles. The molecule has 1 saturated carbocycles. The molecule has 0 aromatic rings. The van der Waals surface area contributed by atoms with E-state index in [9.17, 15) is 9.59 Å². The number of rotatable bonds is 2. The third kappa shape index (κ3) is 3.47. The van der Waals surface area contributed by atoms with Crippen molar-refractivity contribution in [2.24, 2.45) is 11.8 Å². The topological polar surface area (TPSA) is 49.4 Å². The molecule has 2 amide bonds. The fourth-order valence-corrected chi connectivity index (χ4v) is 2.42. The van der Waals surface area contributed by atoms with Gasteiger partial charge in [0, 0.05) is 30.5 Å². The number of nitrogens with zero attached hydrogens (tertiary/aromatic N) is 1. The van der Waals surface area contributed by atoms with Gasteiger partial charge in [0.05, 0.1) is 0 Å². The second-order valence-corrected chi connectivity index (χ2v) is 6.61. The van der Waals surface area contributed by atoms with E-state index in [0.717, 1.165) is 38.8 Å². The minimum absolute atomic E-state index is 0.0764. The van der Waals surface area contributed by atoms with Crippen LogP contribution in [-0.4, -0.2) is 35.3 Å². The number of likely N-dealkylation sites (tertiary alicyclic amines) is 1. The second kappa shape index (κ2) is 4.90. The first kappa shape index (κ1) is 13.4. The molecule has 1 aliphatic heterocycles. The van der Waals surface area contributed by atoms with E-state index in [4.69, 9.17) is 0 Å². The van der Waals surface area contributed by atoms with Crippen molar-refractivity contribution in [1.29, 1.82) is 0 Å². The van der Waals surface area contributed by atoms with E-state index in [-0.39, 0.29) is 17.4 Å². The molecule has 0 bridgehead atoms. The molecule has 4 nitrogen and oxygen atoms in total. The van der Waals surface area contributed by atoms with E-state index in [0.29, 0.717) is 11.8 Å². The molecule has 102 valence electrons. The Kier molecular flexibility index (Phi) is 3.64. The van der Waals surface area contributed by atoms with Gasteiger partial charge in [-0.2, -0.15) is 0 Å². The largest absolute Gasteiger partial charge is 0.351 e. The van der Waals surface area contributed by atoms with Gasteiger partial charge in [-0.3, -0.25) is 9.59 Å². The van der Waals surface area contributed by atoms with Crippen LogP contribution in [0, 0.1) is 11.8 Å². The summed E-state index contributed by atoms with van der Waals surface area (Å²) < 4.78 is 0. The first-order valence-corrected chi connectivity index (χ1v) is 6.97. The summed E-state index contributed by atoms with van der Waals surface area (Å²) in [5, 5.41) is 3.03. The minimum atomic E-state index is -0.169. The molecule has 18 heavy (non-hydrogen) atoms. The summed E-state index contributed by atoms with van der Waals surface area (Å²) in [6, 6.07) is 0. The van der Waals surface area contributed by atoms with Crippen LogP contribution in [0.1, 0.15) is 46.5 Å². The first-order chi connectivity index (χ1) is 8.37. The third-order valence-corrected chi connectivity index (χ3v) is 3.60. The highest BCUT2D eigenvalue weighted by Crippen LogP contribution is 2.32. The maximum Gasteiger partial charge on any atom is 0.225 e. The predicted molar refractivity (Wildman–Crippen MR) is 69.9 cm³/mol. The predicted octanol–water partition coefficient (Wildman–Crippen LogP) is 1.55. The Morgan fingerprint density at radius 3 is 2.00 bits per heavy atom. The van der Waals surface area contributed by atoms with E-state index in [1.54, 1.807) is 0 Å². The van der Waals surface area contributed by atoms with Crippen molar-refractivity contribution in [1.82, 2.24) is 10.2 Å². The molecule has 0 spiro atoms. The Labute approximate surface area is 109 Å². The lowest BCUT2D eigenvalue weighted by atomic mass is 9.94. The van der Waals surface area contributed by atoms with Crippen LogP contribution >= 0.6 is 0 Å². The number of hydrogen-bond acceptors (Lipinski definition) is 2. The van der Waals surface area contributed by atoms with Gasteiger partial charge in [-0.15, -0.1) is 0 Å². The van der Waals surface area contributed by atoms with Crippen LogP contribution in [0.2, 0.25) is 0 Å². The van der Waals surface area contributed by atoms with Crippen LogP contribution in [0.4, 0.5) is 0 Å². The average Bonchev–Trinajstić information content (AvgIpc) is 3.10. The van der Waals surface area contributed by atoms with Crippen molar-refractivity contribution in [2.45, 2.75) is 52.0 Å². The van der Waals surface area contributed by atoms with Gasteiger partial charge in [0.15, 0.2) is 0 Å². The van der Waals surface area contributed by atoms with Crippen LogP contribution in [0.15, 0.2) is 0 Å². The summed E-state index contributed by atoms with van der Waals surface area (Å²) in [6.45, 7) is 7.49. The Bertz CT molecular complexity index is 334. The number of nitrogens with one attached hydrogen (secondary N) is 1. The summed E-state index contributed by atoms with van der Waals surface area (Å²) in [5.74, 6) is 0.822. The second-order valence-electron chi connectivity index (χ2n) is 6.61. The molecule has 0 radical (unpaired) electrons. The number of amides is 2. The fraction of sp³-hybridized carbons (Fsp3) is 0.857. The third-order valence-electron chi connectivity index (χ3n) is 3.60. The summed E-state index contributed by atoms with van der Waals surface area (Å²) in [5.41, 5.74) is -0.169. The SMILES string of the molecule is CC(C)(C)NC(=O)C1CCN(C(=O)C2CC2)CC1. The summed E-state index contributed by atoms with van der Waals surface area (Å²) >= 11 is 0. The number of carbonyl (C=O) groups is 2. The zero-order valence-corrected chi connectivity index (χ0v) is 11.7. The van der Waals surface area contributed by atoms with Crippen LogP contribution in [-0.2, 0) is 9.59 Å². The van der Waals surface area contributed by atoms with Crippen molar-refractivity contribution in [3.05, 3.63) is 0 Å². The first-order valence-electron chi connectivity index (χ1n) is 6.97. The molecule has 0 aromatic heterocycles. The molecule has 1 saturated heterocycles.